The fourth-order valence-electron chi connectivity index (χ4n) is 2.37. The molecule has 20 heavy (non-hydrogen) atoms. The molecule has 0 saturated carbocycles. The highest BCUT2D eigenvalue weighted by molar-refractivity contribution is 5.89. The third-order valence-electron chi connectivity index (χ3n) is 3.43. The molecule has 0 amide bonds. The van der Waals surface area contributed by atoms with Crippen LogP contribution in [0.1, 0.15) is 17.0 Å². The molecule has 2 aromatic carbocycles. The van der Waals surface area contributed by atoms with Gasteiger partial charge in [-0.25, -0.2) is 0 Å². The second-order valence-electron chi connectivity index (χ2n) is 4.53. The van der Waals surface area contributed by atoms with Gasteiger partial charge in [0.1, 0.15) is 23.2 Å². The van der Waals surface area contributed by atoms with Crippen LogP contribution in [-0.2, 0) is 4.79 Å². The average molecular weight is 270 g/mol. The number of methoxy groups -OCH3 is 2. The van der Waals surface area contributed by atoms with Gasteiger partial charge in [0.25, 0.3) is 0 Å². The minimum Gasteiger partial charge on any atom is -0.497 e. The minimum atomic E-state index is -0.387. The summed E-state index contributed by atoms with van der Waals surface area (Å²) in [5, 5.41) is 0. The fraction of sp³-hybridized carbons (Fsp3) is 0.188. The quantitative estimate of drug-likeness (QED) is 0.635. The normalized spacial score (nSPS) is 16.5. The van der Waals surface area contributed by atoms with Crippen LogP contribution in [0.3, 0.4) is 0 Å². The number of ether oxygens (including phenoxy) is 3. The lowest BCUT2D eigenvalue weighted by Crippen LogP contribution is -2.11. The molecule has 0 radical (unpaired) electrons. The van der Waals surface area contributed by atoms with Crippen molar-refractivity contribution in [3.8, 4) is 17.2 Å². The highest BCUT2D eigenvalue weighted by atomic mass is 16.5. The van der Waals surface area contributed by atoms with Crippen LogP contribution in [0.5, 0.6) is 17.2 Å². The van der Waals surface area contributed by atoms with Gasteiger partial charge >= 0.3 is 5.97 Å². The molecule has 102 valence electrons. The Morgan fingerprint density at radius 2 is 1.60 bits per heavy atom. The molecule has 1 aliphatic heterocycles. The fourth-order valence-corrected chi connectivity index (χ4v) is 2.37. The van der Waals surface area contributed by atoms with Crippen LogP contribution in [0.25, 0.3) is 0 Å². The van der Waals surface area contributed by atoms with Crippen molar-refractivity contribution in [3.63, 3.8) is 0 Å². The van der Waals surface area contributed by atoms with E-state index in [1.54, 1.807) is 20.3 Å². The molecule has 4 nitrogen and oxygen atoms in total. The van der Waals surface area contributed by atoms with Crippen LogP contribution in [0, 0.1) is 0 Å². The van der Waals surface area contributed by atoms with Crippen molar-refractivity contribution in [1.29, 1.82) is 0 Å². The van der Waals surface area contributed by atoms with Crippen molar-refractivity contribution in [2.45, 2.75) is 5.92 Å². The molecule has 1 heterocycles. The first-order valence-corrected chi connectivity index (χ1v) is 6.26. The van der Waals surface area contributed by atoms with E-state index in [9.17, 15) is 4.79 Å². The zero-order valence-electron chi connectivity index (χ0n) is 11.3. The summed E-state index contributed by atoms with van der Waals surface area (Å²) in [7, 11) is 3.19. The molecular weight excluding hydrogens is 256 g/mol. The molecule has 0 aliphatic carbocycles. The maximum absolute atomic E-state index is 12.1. The third-order valence-corrected chi connectivity index (χ3v) is 3.43. The van der Waals surface area contributed by atoms with Gasteiger partial charge in [0.2, 0.25) is 0 Å². The second-order valence-corrected chi connectivity index (χ2v) is 4.53. The number of carbonyl (C=O) groups is 1. The van der Waals surface area contributed by atoms with E-state index in [1.165, 1.54) is 0 Å². The third kappa shape index (κ3) is 1.99. The lowest BCUT2D eigenvalue weighted by atomic mass is 9.92. The summed E-state index contributed by atoms with van der Waals surface area (Å²) in [6.07, 6.45) is 0. The lowest BCUT2D eigenvalue weighted by Gasteiger charge is -2.09. The molecule has 1 atom stereocenters. The van der Waals surface area contributed by atoms with Crippen molar-refractivity contribution in [2.75, 3.05) is 14.2 Å². The molecule has 0 saturated heterocycles. The van der Waals surface area contributed by atoms with Crippen LogP contribution >= 0.6 is 0 Å². The zero-order chi connectivity index (χ0) is 14.1. The largest absolute Gasteiger partial charge is 0.497 e. The number of rotatable bonds is 3. The summed E-state index contributed by atoms with van der Waals surface area (Å²) < 4.78 is 15.6. The number of benzene rings is 2. The Bertz CT molecular complexity index is 646. The van der Waals surface area contributed by atoms with E-state index in [0.29, 0.717) is 11.5 Å². The Balaban J connectivity index is 2.00. The maximum atomic E-state index is 12.1. The van der Waals surface area contributed by atoms with Gasteiger partial charge in [-0.1, -0.05) is 18.2 Å². The lowest BCUT2D eigenvalue weighted by molar-refractivity contribution is -0.133. The van der Waals surface area contributed by atoms with Crippen molar-refractivity contribution in [2.24, 2.45) is 0 Å². The number of fused-ring (bicyclic) bond motifs is 1. The maximum Gasteiger partial charge on any atom is 0.323 e. The molecule has 2 aromatic rings. The van der Waals surface area contributed by atoms with Crippen molar-refractivity contribution >= 4 is 5.97 Å². The smallest absolute Gasteiger partial charge is 0.323 e. The van der Waals surface area contributed by atoms with Gasteiger partial charge in [-0.15, -0.1) is 0 Å². The van der Waals surface area contributed by atoms with E-state index in [1.807, 2.05) is 36.4 Å². The van der Waals surface area contributed by atoms with Crippen molar-refractivity contribution in [1.82, 2.24) is 0 Å². The Morgan fingerprint density at radius 1 is 0.950 bits per heavy atom. The van der Waals surface area contributed by atoms with Gasteiger partial charge in [-0.05, 0) is 23.8 Å². The van der Waals surface area contributed by atoms with Gasteiger partial charge < -0.3 is 14.2 Å². The first kappa shape index (κ1) is 12.5. The predicted molar refractivity (Wildman–Crippen MR) is 73.5 cm³/mol. The van der Waals surface area contributed by atoms with E-state index in [-0.39, 0.29) is 11.9 Å². The zero-order valence-corrected chi connectivity index (χ0v) is 11.3. The molecule has 0 aromatic heterocycles. The number of hydrogen-bond acceptors (Lipinski definition) is 4. The molecule has 3 rings (SSSR count). The number of hydrogen-bond donors (Lipinski definition) is 0. The Hall–Kier alpha value is -2.49. The summed E-state index contributed by atoms with van der Waals surface area (Å²) in [5.74, 6) is 1.34. The Morgan fingerprint density at radius 3 is 2.25 bits per heavy atom. The van der Waals surface area contributed by atoms with Crippen LogP contribution in [-0.4, -0.2) is 20.2 Å². The van der Waals surface area contributed by atoms with Gasteiger partial charge in [0, 0.05) is 11.6 Å². The molecule has 0 N–H and O–H groups in total. The van der Waals surface area contributed by atoms with Crippen LogP contribution in [0.2, 0.25) is 0 Å². The minimum absolute atomic E-state index is 0.265. The van der Waals surface area contributed by atoms with E-state index in [4.69, 9.17) is 14.2 Å². The second kappa shape index (κ2) is 4.89. The van der Waals surface area contributed by atoms with Crippen LogP contribution < -0.4 is 14.2 Å². The molecule has 0 spiro atoms. The van der Waals surface area contributed by atoms with E-state index >= 15 is 0 Å². The van der Waals surface area contributed by atoms with Crippen molar-refractivity contribution < 1.29 is 19.0 Å². The standard InChI is InChI=1S/C16H14O4/c1-18-11-5-3-10(4-6-11)15-13-8-7-12(19-2)9-14(13)20-16(15)17/h3-9,15H,1-2H3. The Labute approximate surface area is 116 Å². The first-order valence-electron chi connectivity index (χ1n) is 6.26. The highest BCUT2D eigenvalue weighted by Crippen LogP contribution is 2.41. The molecule has 1 unspecified atom stereocenters. The summed E-state index contributed by atoms with van der Waals surface area (Å²) in [6, 6.07) is 12.9. The molecule has 4 heteroatoms. The van der Waals surface area contributed by atoms with E-state index in [0.717, 1.165) is 16.9 Å². The van der Waals surface area contributed by atoms with Gasteiger partial charge in [0.15, 0.2) is 0 Å². The predicted octanol–water partition coefficient (Wildman–Crippen LogP) is 2.75. The van der Waals surface area contributed by atoms with Gasteiger partial charge in [0.05, 0.1) is 14.2 Å². The van der Waals surface area contributed by atoms with Crippen LogP contribution in [0.4, 0.5) is 0 Å². The summed E-state index contributed by atoms with van der Waals surface area (Å²) in [6.45, 7) is 0. The number of carbonyl (C=O) groups excluding carboxylic acids is 1. The molecular formula is C16H14O4. The van der Waals surface area contributed by atoms with Gasteiger partial charge in [-0.2, -0.15) is 0 Å². The summed E-state index contributed by atoms with van der Waals surface area (Å²) in [4.78, 5) is 12.1. The Kier molecular flexibility index (Phi) is 3.06. The molecule has 0 fully saturated rings. The average Bonchev–Trinajstić information content (AvgIpc) is 2.82. The SMILES string of the molecule is COc1ccc(C2C(=O)Oc3cc(OC)ccc32)cc1. The molecule has 0 bridgehead atoms. The van der Waals surface area contributed by atoms with Crippen molar-refractivity contribution in [3.05, 3.63) is 53.6 Å². The van der Waals surface area contributed by atoms with Gasteiger partial charge in [-0.3, -0.25) is 4.79 Å². The summed E-state index contributed by atoms with van der Waals surface area (Å²) >= 11 is 0. The van der Waals surface area contributed by atoms with Crippen LogP contribution in [0.15, 0.2) is 42.5 Å². The van der Waals surface area contributed by atoms with E-state index < -0.39 is 0 Å². The highest BCUT2D eigenvalue weighted by Gasteiger charge is 2.34. The topological polar surface area (TPSA) is 44.8 Å². The monoisotopic (exact) mass is 270 g/mol. The first-order chi connectivity index (χ1) is 9.72. The molecule has 1 aliphatic rings. The van der Waals surface area contributed by atoms with E-state index in [2.05, 4.69) is 0 Å². The number of esters is 1. The summed E-state index contributed by atoms with van der Waals surface area (Å²) in [5.41, 5.74) is 1.75.